The molecule has 100 valence electrons. The summed E-state index contributed by atoms with van der Waals surface area (Å²) in [4.78, 5) is 11.4. The molecule has 0 atom stereocenters. The third kappa shape index (κ3) is 2.43. The number of carbonyl (C=O) groups is 1. The van der Waals surface area contributed by atoms with Crippen molar-refractivity contribution in [3.05, 3.63) is 39.6 Å². The Bertz CT molecular complexity index is 618. The Morgan fingerprint density at radius 1 is 1.32 bits per heavy atom. The van der Waals surface area contributed by atoms with Crippen LogP contribution in [0.4, 0.5) is 0 Å². The van der Waals surface area contributed by atoms with Crippen LogP contribution in [0.2, 0.25) is 10.0 Å². The van der Waals surface area contributed by atoms with E-state index in [1.807, 2.05) is 13.8 Å². The van der Waals surface area contributed by atoms with Gasteiger partial charge in [-0.05, 0) is 18.1 Å². The number of halogens is 2. The van der Waals surface area contributed by atoms with Gasteiger partial charge in [-0.15, -0.1) is 5.10 Å². The second kappa shape index (κ2) is 5.19. The lowest BCUT2D eigenvalue weighted by Crippen LogP contribution is -2.11. The minimum absolute atomic E-state index is 0.0231. The molecule has 1 N–H and O–H groups in total. The molecular formula is C12H11Cl2N3O2. The summed E-state index contributed by atoms with van der Waals surface area (Å²) >= 11 is 12.1. The van der Waals surface area contributed by atoms with Crippen LogP contribution in [0.25, 0.3) is 5.69 Å². The fourth-order valence-corrected chi connectivity index (χ4v) is 2.29. The third-order valence-electron chi connectivity index (χ3n) is 2.60. The summed E-state index contributed by atoms with van der Waals surface area (Å²) in [7, 11) is 0. The van der Waals surface area contributed by atoms with E-state index in [9.17, 15) is 9.90 Å². The summed E-state index contributed by atoms with van der Waals surface area (Å²) in [5.41, 5.74) is 0.691. The Morgan fingerprint density at radius 2 is 1.89 bits per heavy atom. The summed E-state index contributed by atoms with van der Waals surface area (Å²) in [6.45, 7) is 3.68. The van der Waals surface area contributed by atoms with Gasteiger partial charge in [-0.25, -0.2) is 9.48 Å². The minimum Gasteiger partial charge on any atom is -0.476 e. The second-order valence-corrected chi connectivity index (χ2v) is 5.08. The first-order valence-corrected chi connectivity index (χ1v) is 6.32. The van der Waals surface area contributed by atoms with Crippen LogP contribution in [0.15, 0.2) is 18.2 Å². The smallest absolute Gasteiger partial charge is 0.356 e. The lowest BCUT2D eigenvalue weighted by atomic mass is 10.1. The standard InChI is InChI=1S/C12H11Cl2N3O2/c1-6(2)9-11(12(18)19)17(16-15-9)10-7(13)4-3-5-8(10)14/h3-6H,1-2H3,(H,18,19). The first kappa shape index (κ1) is 13.8. The largest absolute Gasteiger partial charge is 0.476 e. The van der Waals surface area contributed by atoms with Crippen LogP contribution in [0.3, 0.4) is 0 Å². The average Bonchev–Trinajstić information content (AvgIpc) is 2.73. The minimum atomic E-state index is -1.12. The maximum atomic E-state index is 11.4. The summed E-state index contributed by atoms with van der Waals surface area (Å²) < 4.78 is 1.17. The Kier molecular flexibility index (Phi) is 3.78. The molecule has 0 saturated heterocycles. The van der Waals surface area contributed by atoms with Crippen LogP contribution >= 0.6 is 23.2 Å². The van der Waals surface area contributed by atoms with Gasteiger partial charge in [0.2, 0.25) is 0 Å². The van der Waals surface area contributed by atoms with Gasteiger partial charge in [0.15, 0.2) is 5.69 Å². The normalized spacial score (nSPS) is 11.0. The highest BCUT2D eigenvalue weighted by Gasteiger charge is 2.24. The van der Waals surface area contributed by atoms with Crippen molar-refractivity contribution in [3.63, 3.8) is 0 Å². The first-order valence-electron chi connectivity index (χ1n) is 5.56. The molecule has 0 aliphatic rings. The van der Waals surface area contributed by atoms with Crippen LogP contribution in [0, 0.1) is 0 Å². The molecule has 0 unspecified atom stereocenters. The highest BCUT2D eigenvalue weighted by Crippen LogP contribution is 2.30. The van der Waals surface area contributed by atoms with Crippen molar-refractivity contribution in [2.75, 3.05) is 0 Å². The predicted molar refractivity (Wildman–Crippen MR) is 72.4 cm³/mol. The Labute approximate surface area is 119 Å². The fraction of sp³-hybridized carbons (Fsp3) is 0.250. The van der Waals surface area contributed by atoms with Gasteiger partial charge in [0.05, 0.1) is 10.0 Å². The Hall–Kier alpha value is -1.59. The molecule has 0 amide bonds. The van der Waals surface area contributed by atoms with Gasteiger partial charge in [0, 0.05) is 0 Å². The topological polar surface area (TPSA) is 68.0 Å². The molecule has 0 radical (unpaired) electrons. The van der Waals surface area contributed by atoms with Crippen LogP contribution in [0.5, 0.6) is 0 Å². The average molecular weight is 300 g/mol. The maximum absolute atomic E-state index is 11.4. The van der Waals surface area contributed by atoms with E-state index < -0.39 is 5.97 Å². The highest BCUT2D eigenvalue weighted by atomic mass is 35.5. The summed E-state index contributed by atoms with van der Waals surface area (Å²) in [5, 5.41) is 17.7. The van der Waals surface area contributed by atoms with Crippen molar-refractivity contribution in [3.8, 4) is 5.69 Å². The molecule has 1 heterocycles. The van der Waals surface area contributed by atoms with Crippen LogP contribution in [-0.2, 0) is 0 Å². The van der Waals surface area contributed by atoms with Crippen molar-refractivity contribution in [1.82, 2.24) is 15.0 Å². The predicted octanol–water partition coefficient (Wildman–Crippen LogP) is 3.40. The molecule has 0 spiro atoms. The molecule has 2 rings (SSSR count). The van der Waals surface area contributed by atoms with Gasteiger partial charge in [-0.3, -0.25) is 0 Å². The second-order valence-electron chi connectivity index (χ2n) is 4.27. The Morgan fingerprint density at radius 3 is 2.37 bits per heavy atom. The number of nitrogens with zero attached hydrogens (tertiary/aromatic N) is 3. The van der Waals surface area contributed by atoms with E-state index in [2.05, 4.69) is 10.3 Å². The molecule has 0 aliphatic heterocycles. The van der Waals surface area contributed by atoms with E-state index >= 15 is 0 Å². The molecule has 0 fully saturated rings. The van der Waals surface area contributed by atoms with Crippen molar-refractivity contribution in [1.29, 1.82) is 0 Å². The molecule has 7 heteroatoms. The lowest BCUT2D eigenvalue weighted by Gasteiger charge is -2.09. The van der Waals surface area contributed by atoms with E-state index in [1.165, 1.54) is 4.68 Å². The fourth-order valence-electron chi connectivity index (χ4n) is 1.73. The van der Waals surface area contributed by atoms with Crippen LogP contribution < -0.4 is 0 Å². The number of para-hydroxylation sites is 1. The number of carboxylic acid groups (broad SMARTS) is 1. The number of aromatic carboxylic acids is 1. The molecule has 1 aromatic heterocycles. The van der Waals surface area contributed by atoms with Crippen molar-refractivity contribution in [2.45, 2.75) is 19.8 Å². The van der Waals surface area contributed by atoms with Crippen LogP contribution in [-0.4, -0.2) is 26.1 Å². The van der Waals surface area contributed by atoms with Crippen molar-refractivity contribution < 1.29 is 9.90 Å². The van der Waals surface area contributed by atoms with Crippen molar-refractivity contribution >= 4 is 29.2 Å². The number of aromatic nitrogens is 3. The maximum Gasteiger partial charge on any atom is 0.356 e. The number of hydrogen-bond acceptors (Lipinski definition) is 3. The highest BCUT2D eigenvalue weighted by molar-refractivity contribution is 6.37. The van der Waals surface area contributed by atoms with E-state index in [-0.39, 0.29) is 11.6 Å². The van der Waals surface area contributed by atoms with E-state index in [0.29, 0.717) is 21.4 Å². The molecule has 0 saturated carbocycles. The number of carboxylic acids is 1. The van der Waals surface area contributed by atoms with Gasteiger partial charge >= 0.3 is 5.97 Å². The van der Waals surface area contributed by atoms with E-state index in [1.54, 1.807) is 18.2 Å². The van der Waals surface area contributed by atoms with Gasteiger partial charge in [0.25, 0.3) is 0 Å². The zero-order chi connectivity index (χ0) is 14.2. The van der Waals surface area contributed by atoms with Gasteiger partial charge in [-0.2, -0.15) is 0 Å². The number of benzene rings is 1. The first-order chi connectivity index (χ1) is 8.93. The van der Waals surface area contributed by atoms with E-state index in [4.69, 9.17) is 23.2 Å². The van der Waals surface area contributed by atoms with Crippen LogP contribution in [0.1, 0.15) is 35.9 Å². The third-order valence-corrected chi connectivity index (χ3v) is 3.21. The van der Waals surface area contributed by atoms with Gasteiger partial charge in [0.1, 0.15) is 11.4 Å². The van der Waals surface area contributed by atoms with E-state index in [0.717, 1.165) is 0 Å². The zero-order valence-electron chi connectivity index (χ0n) is 10.3. The summed E-state index contributed by atoms with van der Waals surface area (Å²) in [6, 6.07) is 4.91. The molecule has 0 aliphatic carbocycles. The molecule has 1 aromatic carbocycles. The quantitative estimate of drug-likeness (QED) is 0.943. The molecule has 5 nitrogen and oxygen atoms in total. The lowest BCUT2D eigenvalue weighted by molar-refractivity contribution is 0.0685. The molecule has 0 bridgehead atoms. The molecule has 19 heavy (non-hydrogen) atoms. The van der Waals surface area contributed by atoms with Gasteiger partial charge < -0.3 is 5.11 Å². The molecular weight excluding hydrogens is 289 g/mol. The van der Waals surface area contributed by atoms with Gasteiger partial charge in [-0.1, -0.05) is 48.3 Å². The molecule has 2 aromatic rings. The number of hydrogen-bond donors (Lipinski definition) is 1. The summed E-state index contributed by atoms with van der Waals surface area (Å²) in [5.74, 6) is -1.19. The summed E-state index contributed by atoms with van der Waals surface area (Å²) in [6.07, 6.45) is 0. The SMILES string of the molecule is CC(C)c1nnn(-c2c(Cl)cccc2Cl)c1C(=O)O. The zero-order valence-corrected chi connectivity index (χ0v) is 11.8. The Balaban J connectivity index is 2.73. The van der Waals surface area contributed by atoms with Crippen molar-refractivity contribution in [2.24, 2.45) is 0 Å². The monoisotopic (exact) mass is 299 g/mol. The number of rotatable bonds is 3.